The number of hydrogen-bond acceptors (Lipinski definition) is 8. The van der Waals surface area contributed by atoms with Gasteiger partial charge in [-0.2, -0.15) is 0 Å². The summed E-state index contributed by atoms with van der Waals surface area (Å²) in [5.41, 5.74) is 4.87. The third-order valence-corrected chi connectivity index (χ3v) is 9.48. The first-order chi connectivity index (χ1) is 16.6. The van der Waals surface area contributed by atoms with Gasteiger partial charge in [-0.1, -0.05) is 71.9 Å². The molecule has 3 aromatic carbocycles. The van der Waals surface area contributed by atoms with Gasteiger partial charge >= 0.3 is 13.1 Å². The van der Waals surface area contributed by atoms with E-state index in [9.17, 15) is 19.9 Å². The maximum absolute atomic E-state index is 16.0. The largest absolute Gasteiger partial charge is 0.403 e. The molecule has 2 aliphatic rings. The molecule has 0 saturated carbocycles. The van der Waals surface area contributed by atoms with Crippen molar-refractivity contribution in [3.05, 3.63) is 83.7 Å². The fourth-order valence-electron chi connectivity index (χ4n) is 4.18. The lowest BCUT2D eigenvalue weighted by molar-refractivity contribution is -0.290. The Morgan fingerprint density at radius 3 is 2.37 bits per heavy atom. The summed E-state index contributed by atoms with van der Waals surface area (Å²) in [5, 5.41) is 31.1. The molecule has 2 fully saturated rings. The number of benzene rings is 3. The van der Waals surface area contributed by atoms with Crippen molar-refractivity contribution in [3.8, 4) is 11.1 Å². The molecule has 0 amide bonds. The Bertz CT molecular complexity index is 1330. The molecule has 2 aliphatic heterocycles. The first kappa shape index (κ1) is 24.6. The van der Waals surface area contributed by atoms with Crippen LogP contribution in [0.1, 0.15) is 17.5 Å². The van der Waals surface area contributed by atoms with Crippen molar-refractivity contribution in [2.45, 2.75) is 46.4 Å². The molecule has 7 nitrogen and oxygen atoms in total. The number of halogens is 1. The predicted molar refractivity (Wildman–Crippen MR) is 129 cm³/mol. The summed E-state index contributed by atoms with van der Waals surface area (Å²) in [4.78, 5) is 1.29. The predicted octanol–water partition coefficient (Wildman–Crippen LogP) is 4.16. The standard InChI is InChI=1S/C25H25FNO6PS/c1-16-6-5-9-19(14-16)35-22-20(17-7-3-2-4-8-17)11-10-18(21(22)26)12-13-23(27,15-28)24(29,30)25-32-34(25,31)33-25/h2-11,14,28-30H,12-13,15,27H2,1H3. The van der Waals surface area contributed by atoms with E-state index in [0.29, 0.717) is 4.90 Å². The molecule has 0 bridgehead atoms. The highest BCUT2D eigenvalue weighted by Gasteiger charge is 3.01. The van der Waals surface area contributed by atoms with Crippen LogP contribution in [0.3, 0.4) is 0 Å². The van der Waals surface area contributed by atoms with Gasteiger partial charge in [0.15, 0.2) is 0 Å². The molecule has 35 heavy (non-hydrogen) atoms. The number of aryl methyl sites for hydroxylation is 2. The fourth-order valence-corrected chi connectivity index (χ4v) is 7.16. The Kier molecular flexibility index (Phi) is 5.98. The molecular formula is C25H25FNO6PS. The van der Waals surface area contributed by atoms with Crippen LogP contribution in [-0.2, 0) is 20.0 Å². The van der Waals surface area contributed by atoms with Crippen LogP contribution in [0.15, 0.2) is 76.5 Å². The normalized spacial score (nSPS) is 24.5. The van der Waals surface area contributed by atoms with Crippen LogP contribution >= 0.6 is 19.4 Å². The zero-order chi connectivity index (χ0) is 25.1. The molecule has 1 atom stereocenters. The molecule has 0 aliphatic carbocycles. The SMILES string of the molecule is Cc1cccc(Sc2c(-c3ccccc3)ccc(CCC(N)(CO)C(O)(O)C34OP3(=O)O4)c2F)c1. The highest BCUT2D eigenvalue weighted by atomic mass is 32.2. The Morgan fingerprint density at radius 2 is 1.77 bits per heavy atom. The summed E-state index contributed by atoms with van der Waals surface area (Å²) in [6.07, 6.45) is -0.260. The van der Waals surface area contributed by atoms with Gasteiger partial charge in [0.05, 0.1) is 17.0 Å². The van der Waals surface area contributed by atoms with Crippen LogP contribution < -0.4 is 5.73 Å². The van der Waals surface area contributed by atoms with E-state index >= 15 is 4.39 Å². The molecule has 184 valence electrons. The van der Waals surface area contributed by atoms with E-state index in [-0.39, 0.29) is 18.4 Å². The lowest BCUT2D eigenvalue weighted by atomic mass is 9.83. The summed E-state index contributed by atoms with van der Waals surface area (Å²) in [6, 6.07) is 20.6. The summed E-state index contributed by atoms with van der Waals surface area (Å²) in [5.74, 6) is -3.38. The Morgan fingerprint density at radius 1 is 1.09 bits per heavy atom. The average Bonchev–Trinajstić information content (AvgIpc) is 3.65. The van der Waals surface area contributed by atoms with E-state index in [1.165, 1.54) is 11.8 Å². The van der Waals surface area contributed by atoms with Gasteiger partial charge in [0.2, 0.25) is 0 Å². The molecule has 2 saturated heterocycles. The van der Waals surface area contributed by atoms with E-state index in [2.05, 4.69) is 0 Å². The van der Waals surface area contributed by atoms with E-state index in [0.717, 1.165) is 21.6 Å². The topological polar surface area (TPSA) is 129 Å². The van der Waals surface area contributed by atoms with Crippen molar-refractivity contribution in [3.63, 3.8) is 0 Å². The molecule has 5 N–H and O–H groups in total. The third kappa shape index (κ3) is 3.97. The lowest BCUT2D eigenvalue weighted by Crippen LogP contribution is -2.68. The highest BCUT2D eigenvalue weighted by molar-refractivity contribution is 7.99. The Hall–Kier alpha value is -2.07. The third-order valence-electron chi connectivity index (χ3n) is 6.51. The summed E-state index contributed by atoms with van der Waals surface area (Å²) >= 11 is 1.30. The van der Waals surface area contributed by atoms with Gasteiger partial charge in [-0.25, -0.2) is 4.39 Å². The monoisotopic (exact) mass is 517 g/mol. The van der Waals surface area contributed by atoms with Crippen molar-refractivity contribution in [1.29, 1.82) is 0 Å². The molecular weight excluding hydrogens is 492 g/mol. The number of rotatable bonds is 9. The number of aliphatic hydroxyl groups excluding tert-OH is 1. The van der Waals surface area contributed by atoms with E-state index in [1.807, 2.05) is 67.6 Å². The maximum atomic E-state index is 16.0. The first-order valence-electron chi connectivity index (χ1n) is 11.0. The molecule has 0 spiro atoms. The van der Waals surface area contributed by atoms with Crippen LogP contribution in [0.25, 0.3) is 11.1 Å². The molecule has 0 radical (unpaired) electrons. The second kappa shape index (κ2) is 8.50. The number of fused-ring (bicyclic) bond motifs is 1. The van der Waals surface area contributed by atoms with Gasteiger partial charge in [-0.15, -0.1) is 0 Å². The first-order valence-corrected chi connectivity index (χ1v) is 13.4. The minimum Gasteiger partial charge on any atom is -0.394 e. The van der Waals surface area contributed by atoms with Crippen molar-refractivity contribution in [2.24, 2.45) is 5.73 Å². The molecule has 0 aromatic heterocycles. The second-order valence-corrected chi connectivity index (χ2v) is 12.0. The Labute approximate surface area is 206 Å². The van der Waals surface area contributed by atoms with Gasteiger partial charge in [0.1, 0.15) is 5.82 Å². The van der Waals surface area contributed by atoms with Gasteiger partial charge < -0.3 is 21.1 Å². The molecule has 3 aromatic rings. The number of aliphatic hydroxyl groups is 3. The molecule has 1 unspecified atom stereocenters. The van der Waals surface area contributed by atoms with Crippen LogP contribution in [0.5, 0.6) is 0 Å². The zero-order valence-corrected chi connectivity index (χ0v) is 20.6. The van der Waals surface area contributed by atoms with E-state index in [4.69, 9.17) is 14.8 Å². The van der Waals surface area contributed by atoms with Crippen LogP contribution in [0.4, 0.5) is 4.39 Å². The number of hydrogen-bond donors (Lipinski definition) is 4. The second-order valence-electron chi connectivity index (χ2n) is 8.95. The summed E-state index contributed by atoms with van der Waals surface area (Å²) < 4.78 is 37.5. The van der Waals surface area contributed by atoms with Gasteiger partial charge in [0, 0.05) is 4.90 Å². The van der Waals surface area contributed by atoms with Crippen LogP contribution in [0.2, 0.25) is 0 Å². The highest BCUT2D eigenvalue weighted by Crippen LogP contribution is 3.00. The van der Waals surface area contributed by atoms with Crippen molar-refractivity contribution < 1.29 is 33.3 Å². The lowest BCUT2D eigenvalue weighted by Gasteiger charge is -2.38. The quantitative estimate of drug-likeness (QED) is 0.189. The van der Waals surface area contributed by atoms with Crippen LogP contribution in [0, 0.1) is 12.7 Å². The van der Waals surface area contributed by atoms with Gasteiger partial charge in [-0.05, 0) is 48.6 Å². The van der Waals surface area contributed by atoms with Crippen molar-refractivity contribution >= 4 is 19.4 Å². The minimum absolute atomic E-state index is 0.0252. The van der Waals surface area contributed by atoms with Crippen molar-refractivity contribution in [1.82, 2.24) is 0 Å². The van der Waals surface area contributed by atoms with Gasteiger partial charge in [0.25, 0.3) is 5.79 Å². The molecule has 5 rings (SSSR count). The van der Waals surface area contributed by atoms with Gasteiger partial charge in [-0.3, -0.25) is 13.6 Å². The van der Waals surface area contributed by atoms with E-state index < -0.39 is 36.9 Å². The summed E-state index contributed by atoms with van der Waals surface area (Å²) in [6.45, 7) is 1.09. The smallest absolute Gasteiger partial charge is 0.394 e. The maximum Gasteiger partial charge on any atom is 0.403 e. The molecule has 10 heteroatoms. The fraction of sp³-hybridized carbons (Fsp3) is 0.280. The Balaban J connectivity index is 1.47. The van der Waals surface area contributed by atoms with E-state index in [1.54, 1.807) is 6.07 Å². The minimum atomic E-state index is -3.55. The number of nitrogens with two attached hydrogens (primary N) is 1. The van der Waals surface area contributed by atoms with Crippen molar-refractivity contribution in [2.75, 3.05) is 6.61 Å². The molecule has 2 heterocycles. The average molecular weight is 518 g/mol. The zero-order valence-electron chi connectivity index (χ0n) is 18.8. The van der Waals surface area contributed by atoms with Crippen LogP contribution in [-0.4, -0.2) is 38.8 Å². The summed E-state index contributed by atoms with van der Waals surface area (Å²) in [7, 11) is -3.55.